The summed E-state index contributed by atoms with van der Waals surface area (Å²) in [7, 11) is 0. The molecule has 1 aliphatic heterocycles. The van der Waals surface area contributed by atoms with Crippen molar-refractivity contribution in [2.45, 2.75) is 20.0 Å². The molecule has 5 aromatic rings. The molecule has 6 rings (SSSR count). The molecule has 1 aliphatic rings. The molecule has 0 saturated heterocycles. The molecule has 0 unspecified atom stereocenters. The Labute approximate surface area is 207 Å². The number of aromatic nitrogens is 3. The molecule has 0 saturated carbocycles. The number of benzene rings is 3. The smallest absolute Gasteiger partial charge is 0.125 e. The second-order valence-electron chi connectivity index (χ2n) is 8.10. The van der Waals surface area contributed by atoms with Gasteiger partial charge < -0.3 is 5.01 Å². The van der Waals surface area contributed by atoms with E-state index in [0.717, 1.165) is 24.5 Å². The van der Waals surface area contributed by atoms with Gasteiger partial charge in [0.25, 0.3) is 0 Å². The number of thiazole rings is 1. The number of fused-ring (bicyclic) bond motifs is 3. The third-order valence-corrected chi connectivity index (χ3v) is 6.97. The fourth-order valence-electron chi connectivity index (χ4n) is 4.80. The molecule has 0 spiro atoms. The van der Waals surface area contributed by atoms with Crippen LogP contribution >= 0.6 is 23.7 Å². The van der Waals surface area contributed by atoms with Crippen molar-refractivity contribution < 1.29 is 4.39 Å². The zero-order valence-corrected chi connectivity index (χ0v) is 20.2. The summed E-state index contributed by atoms with van der Waals surface area (Å²) in [5.41, 5.74) is 7.42. The quantitative estimate of drug-likeness (QED) is 0.282. The highest BCUT2D eigenvalue weighted by Gasteiger charge is 2.30. The van der Waals surface area contributed by atoms with E-state index in [1.165, 1.54) is 44.6 Å². The van der Waals surface area contributed by atoms with Crippen molar-refractivity contribution >= 4 is 40.2 Å². The van der Waals surface area contributed by atoms with Crippen LogP contribution in [0.4, 0.5) is 10.1 Å². The fourth-order valence-corrected chi connectivity index (χ4v) is 5.45. The Balaban J connectivity index is 0.00000241. The van der Waals surface area contributed by atoms with Gasteiger partial charge in [-0.2, -0.15) is 5.10 Å². The largest absolute Gasteiger partial charge is 0.304 e. The minimum Gasteiger partial charge on any atom is -0.304 e. The van der Waals surface area contributed by atoms with Crippen molar-refractivity contribution in [3.63, 3.8) is 0 Å². The normalized spacial score (nSPS) is 13.3. The third kappa shape index (κ3) is 3.76. The van der Waals surface area contributed by atoms with Crippen LogP contribution in [0, 0.1) is 5.82 Å². The molecule has 0 fully saturated rings. The summed E-state index contributed by atoms with van der Waals surface area (Å²) in [5.74, 6) is -0.264. The van der Waals surface area contributed by atoms with Gasteiger partial charge in [-0.25, -0.2) is 14.1 Å². The molecular formula is C26H23ClFN5S. The maximum atomic E-state index is 13.8. The molecule has 8 heteroatoms. The maximum Gasteiger partial charge on any atom is 0.125 e. The van der Waals surface area contributed by atoms with Gasteiger partial charge >= 0.3 is 0 Å². The summed E-state index contributed by atoms with van der Waals surface area (Å²) < 4.78 is 15.7. The summed E-state index contributed by atoms with van der Waals surface area (Å²) >= 11 is 1.67. The summed E-state index contributed by atoms with van der Waals surface area (Å²) in [4.78, 5) is 5.48. The Hall–Kier alpha value is -3.26. The van der Waals surface area contributed by atoms with Crippen LogP contribution in [0.15, 0.2) is 78.6 Å². The van der Waals surface area contributed by atoms with Crippen molar-refractivity contribution in [3.05, 3.63) is 95.6 Å². The molecule has 3 heterocycles. The molecular weight excluding hydrogens is 469 g/mol. The zero-order valence-electron chi connectivity index (χ0n) is 18.6. The van der Waals surface area contributed by atoms with Crippen LogP contribution < -0.4 is 5.01 Å². The van der Waals surface area contributed by atoms with Crippen LogP contribution in [-0.2, 0) is 13.1 Å². The lowest BCUT2D eigenvalue weighted by Gasteiger charge is -2.30. The molecule has 0 atom stereocenters. The predicted octanol–water partition coefficient (Wildman–Crippen LogP) is 6.47. The van der Waals surface area contributed by atoms with E-state index in [4.69, 9.17) is 0 Å². The second-order valence-corrected chi connectivity index (χ2v) is 8.98. The number of rotatable bonds is 5. The van der Waals surface area contributed by atoms with Gasteiger partial charge in [-0.3, -0.25) is 4.98 Å². The first-order chi connectivity index (χ1) is 16.2. The molecule has 34 heavy (non-hydrogen) atoms. The highest BCUT2D eigenvalue weighted by Crippen LogP contribution is 2.43. The Morgan fingerprint density at radius 3 is 2.65 bits per heavy atom. The van der Waals surface area contributed by atoms with Crippen molar-refractivity contribution in [2.24, 2.45) is 0 Å². The number of nitrogens with zero attached hydrogens (tertiary/aromatic N) is 5. The van der Waals surface area contributed by atoms with Crippen LogP contribution in [0.25, 0.3) is 26.9 Å². The van der Waals surface area contributed by atoms with Gasteiger partial charge in [0.05, 0.1) is 34.0 Å². The van der Waals surface area contributed by atoms with Crippen molar-refractivity contribution in [2.75, 3.05) is 11.6 Å². The number of hydrogen-bond donors (Lipinski definition) is 0. The van der Waals surface area contributed by atoms with E-state index in [1.807, 2.05) is 28.5 Å². The van der Waals surface area contributed by atoms with E-state index >= 15 is 0 Å². The monoisotopic (exact) mass is 491 g/mol. The highest BCUT2D eigenvalue weighted by atomic mass is 35.5. The maximum absolute atomic E-state index is 13.8. The topological polar surface area (TPSA) is 37.2 Å². The van der Waals surface area contributed by atoms with Gasteiger partial charge in [0, 0.05) is 36.4 Å². The lowest BCUT2D eigenvalue weighted by atomic mass is 9.98. The van der Waals surface area contributed by atoms with Gasteiger partial charge in [-0.1, -0.05) is 30.3 Å². The van der Waals surface area contributed by atoms with Gasteiger partial charge in [0.2, 0.25) is 0 Å². The van der Waals surface area contributed by atoms with Crippen LogP contribution in [-0.4, -0.2) is 26.3 Å². The van der Waals surface area contributed by atoms with Crippen LogP contribution in [0.5, 0.6) is 0 Å². The van der Waals surface area contributed by atoms with E-state index in [-0.39, 0.29) is 18.2 Å². The molecule has 0 aliphatic carbocycles. The lowest BCUT2D eigenvalue weighted by molar-refractivity contribution is 0.252. The van der Waals surface area contributed by atoms with Crippen LogP contribution in [0.1, 0.15) is 18.2 Å². The van der Waals surface area contributed by atoms with Crippen molar-refractivity contribution in [1.29, 1.82) is 0 Å². The standard InChI is InChI=1S/C26H22FN5S.ClH/c1-2-31-26-18(12-24(25-14-28-17-33-25)22-8-3-4-9-23(22)26)15-30(31)16-21-10-11-29-32(21)20-7-5-6-19(27)13-20;/h3-14,17H,2,15-16H2,1H3;1H. The SMILES string of the molecule is CCN1c2c(cc(-c3cncs3)c3ccccc23)CN1Cc1ccnn1-c1cccc(F)c1.Cl. The first-order valence-electron chi connectivity index (χ1n) is 11.0. The Kier molecular flexibility index (Phi) is 6.08. The summed E-state index contributed by atoms with van der Waals surface area (Å²) in [6.07, 6.45) is 3.72. The summed E-state index contributed by atoms with van der Waals surface area (Å²) in [6, 6.07) is 19.5. The minimum atomic E-state index is -0.264. The number of hydrogen-bond acceptors (Lipinski definition) is 5. The highest BCUT2D eigenvalue weighted by molar-refractivity contribution is 7.13. The Morgan fingerprint density at radius 2 is 1.88 bits per heavy atom. The van der Waals surface area contributed by atoms with E-state index in [2.05, 4.69) is 57.4 Å². The van der Waals surface area contributed by atoms with Crippen LogP contribution in [0.2, 0.25) is 0 Å². The Morgan fingerprint density at radius 1 is 1.03 bits per heavy atom. The molecule has 0 amide bonds. The number of anilines is 1. The molecule has 0 radical (unpaired) electrons. The van der Waals surface area contributed by atoms with Crippen molar-refractivity contribution in [1.82, 2.24) is 19.8 Å². The molecule has 2 aromatic heterocycles. The summed E-state index contributed by atoms with van der Waals surface area (Å²) in [6.45, 7) is 4.50. The molecule has 5 nitrogen and oxygen atoms in total. The fraction of sp³-hybridized carbons (Fsp3) is 0.154. The van der Waals surface area contributed by atoms with E-state index in [9.17, 15) is 4.39 Å². The lowest BCUT2D eigenvalue weighted by Crippen LogP contribution is -2.37. The average molecular weight is 492 g/mol. The Bertz CT molecular complexity index is 1450. The third-order valence-electron chi connectivity index (χ3n) is 6.16. The molecule has 0 bridgehead atoms. The second kappa shape index (κ2) is 9.18. The molecule has 3 aromatic carbocycles. The molecule has 172 valence electrons. The predicted molar refractivity (Wildman–Crippen MR) is 138 cm³/mol. The minimum absolute atomic E-state index is 0. The van der Waals surface area contributed by atoms with E-state index in [0.29, 0.717) is 6.54 Å². The number of halogens is 2. The van der Waals surface area contributed by atoms with E-state index < -0.39 is 0 Å². The first kappa shape index (κ1) is 22.5. The molecule has 0 N–H and O–H groups in total. The zero-order chi connectivity index (χ0) is 22.4. The number of hydrazine groups is 1. The van der Waals surface area contributed by atoms with Crippen LogP contribution in [0.3, 0.4) is 0 Å². The van der Waals surface area contributed by atoms with Gasteiger partial charge in [0.1, 0.15) is 5.82 Å². The first-order valence-corrected chi connectivity index (χ1v) is 11.9. The van der Waals surface area contributed by atoms with Gasteiger partial charge in [0.15, 0.2) is 0 Å². The van der Waals surface area contributed by atoms with Gasteiger partial charge in [-0.15, -0.1) is 23.7 Å². The summed E-state index contributed by atoms with van der Waals surface area (Å²) in [5, 5.41) is 11.7. The van der Waals surface area contributed by atoms with Crippen molar-refractivity contribution in [3.8, 4) is 16.1 Å². The van der Waals surface area contributed by atoms with E-state index in [1.54, 1.807) is 23.6 Å². The average Bonchev–Trinajstić information content (AvgIpc) is 3.58. The van der Waals surface area contributed by atoms with Gasteiger partial charge in [-0.05, 0) is 48.2 Å².